The number of methoxy groups -OCH3 is 1. The Morgan fingerprint density at radius 2 is 2.00 bits per heavy atom. The first kappa shape index (κ1) is 7.29. The third kappa shape index (κ3) is 2.19. The number of allylic oxidation sites excluding steroid dienone is 4. The summed E-state index contributed by atoms with van der Waals surface area (Å²) in [5.41, 5.74) is 0. The van der Waals surface area contributed by atoms with Crippen molar-refractivity contribution in [3.8, 4) is 0 Å². The second-order valence-corrected chi connectivity index (χ2v) is 2.21. The average molecular weight is 136 g/mol. The molecular formula is C9H12O. The third-order valence-electron chi connectivity index (χ3n) is 1.47. The molecule has 0 aliphatic heterocycles. The Kier molecular flexibility index (Phi) is 2.97. The highest BCUT2D eigenvalue weighted by atomic mass is 16.5. The summed E-state index contributed by atoms with van der Waals surface area (Å²) in [4.78, 5) is 0. The zero-order valence-corrected chi connectivity index (χ0v) is 6.16. The van der Waals surface area contributed by atoms with Crippen molar-refractivity contribution in [2.24, 2.45) is 0 Å². The molecule has 1 aliphatic carbocycles. The van der Waals surface area contributed by atoms with E-state index in [4.69, 9.17) is 4.74 Å². The normalized spacial score (nSPS) is 24.3. The van der Waals surface area contributed by atoms with Gasteiger partial charge in [0, 0.05) is 7.11 Å². The molecule has 0 radical (unpaired) electrons. The van der Waals surface area contributed by atoms with Gasteiger partial charge in [-0.3, -0.25) is 0 Å². The maximum atomic E-state index is 5.15. The van der Waals surface area contributed by atoms with E-state index in [0.29, 0.717) is 0 Å². The minimum atomic E-state index is 0.251. The van der Waals surface area contributed by atoms with E-state index in [1.807, 2.05) is 24.3 Å². The average Bonchev–Trinajstić information content (AvgIpc) is 1.87. The molecule has 0 aromatic rings. The monoisotopic (exact) mass is 136 g/mol. The van der Waals surface area contributed by atoms with Crippen molar-refractivity contribution >= 4 is 0 Å². The highest BCUT2D eigenvalue weighted by molar-refractivity contribution is 5.15. The van der Waals surface area contributed by atoms with Crippen LogP contribution < -0.4 is 0 Å². The van der Waals surface area contributed by atoms with E-state index < -0.39 is 0 Å². The summed E-state index contributed by atoms with van der Waals surface area (Å²) in [5.74, 6) is 0. The number of rotatable bonds is 1. The largest absolute Gasteiger partial charge is 0.377 e. The van der Waals surface area contributed by atoms with Gasteiger partial charge < -0.3 is 4.74 Å². The first-order chi connectivity index (χ1) is 4.93. The number of hydrogen-bond acceptors (Lipinski definition) is 1. The third-order valence-corrected chi connectivity index (χ3v) is 1.47. The van der Waals surface area contributed by atoms with Crippen LogP contribution in [0.25, 0.3) is 0 Å². The van der Waals surface area contributed by atoms with Crippen LogP contribution in [-0.4, -0.2) is 13.2 Å². The zero-order chi connectivity index (χ0) is 7.23. The molecule has 0 spiro atoms. The van der Waals surface area contributed by atoms with E-state index in [0.717, 1.165) is 6.42 Å². The summed E-state index contributed by atoms with van der Waals surface area (Å²) in [6, 6.07) is 0. The van der Waals surface area contributed by atoms with Crippen LogP contribution in [0.3, 0.4) is 0 Å². The molecule has 0 saturated heterocycles. The summed E-state index contributed by atoms with van der Waals surface area (Å²) in [7, 11) is 1.73. The van der Waals surface area contributed by atoms with Gasteiger partial charge in [0.15, 0.2) is 0 Å². The molecule has 10 heavy (non-hydrogen) atoms. The van der Waals surface area contributed by atoms with Gasteiger partial charge >= 0.3 is 0 Å². The minimum absolute atomic E-state index is 0.251. The number of hydrogen-bond donors (Lipinski definition) is 0. The lowest BCUT2D eigenvalue weighted by Crippen LogP contribution is -2.04. The van der Waals surface area contributed by atoms with Gasteiger partial charge in [-0.1, -0.05) is 36.5 Å². The van der Waals surface area contributed by atoms with Crippen molar-refractivity contribution in [1.82, 2.24) is 0 Å². The number of ether oxygens (including phenoxy) is 1. The quantitative estimate of drug-likeness (QED) is 0.536. The zero-order valence-electron chi connectivity index (χ0n) is 6.16. The van der Waals surface area contributed by atoms with E-state index in [-0.39, 0.29) is 6.10 Å². The van der Waals surface area contributed by atoms with Gasteiger partial charge in [-0.05, 0) is 6.42 Å². The van der Waals surface area contributed by atoms with Crippen LogP contribution in [0.4, 0.5) is 0 Å². The van der Waals surface area contributed by atoms with E-state index in [9.17, 15) is 0 Å². The molecule has 0 fully saturated rings. The van der Waals surface area contributed by atoms with Gasteiger partial charge in [0.1, 0.15) is 0 Å². The summed E-state index contributed by atoms with van der Waals surface area (Å²) in [5, 5.41) is 0. The van der Waals surface area contributed by atoms with Crippen molar-refractivity contribution in [3.05, 3.63) is 36.5 Å². The highest BCUT2D eigenvalue weighted by Crippen LogP contribution is 2.02. The predicted octanol–water partition coefficient (Wildman–Crippen LogP) is 2.07. The fourth-order valence-electron chi connectivity index (χ4n) is 0.861. The molecule has 0 heterocycles. The Hall–Kier alpha value is -0.820. The van der Waals surface area contributed by atoms with Crippen molar-refractivity contribution < 1.29 is 4.74 Å². The molecule has 1 aliphatic rings. The fraction of sp³-hybridized carbons (Fsp3) is 0.333. The van der Waals surface area contributed by atoms with Gasteiger partial charge in [0.25, 0.3) is 0 Å². The van der Waals surface area contributed by atoms with Crippen LogP contribution in [0, 0.1) is 0 Å². The van der Waals surface area contributed by atoms with Crippen molar-refractivity contribution in [3.63, 3.8) is 0 Å². The van der Waals surface area contributed by atoms with E-state index in [1.54, 1.807) is 7.11 Å². The lowest BCUT2D eigenvalue weighted by molar-refractivity contribution is 0.143. The van der Waals surface area contributed by atoms with Gasteiger partial charge in [0.05, 0.1) is 6.10 Å². The van der Waals surface area contributed by atoms with Crippen molar-refractivity contribution in [2.45, 2.75) is 12.5 Å². The Morgan fingerprint density at radius 1 is 1.20 bits per heavy atom. The second kappa shape index (κ2) is 4.07. The van der Waals surface area contributed by atoms with Gasteiger partial charge in [-0.2, -0.15) is 0 Å². The smallest absolute Gasteiger partial charge is 0.0789 e. The molecule has 0 N–H and O–H groups in total. The molecule has 1 heteroatoms. The summed E-state index contributed by atoms with van der Waals surface area (Å²) in [6.45, 7) is 0. The molecule has 0 aromatic heterocycles. The van der Waals surface area contributed by atoms with E-state index in [1.165, 1.54) is 0 Å². The van der Waals surface area contributed by atoms with Crippen LogP contribution in [0.5, 0.6) is 0 Å². The fourth-order valence-corrected chi connectivity index (χ4v) is 0.861. The van der Waals surface area contributed by atoms with Gasteiger partial charge in [0.2, 0.25) is 0 Å². The molecule has 0 aromatic carbocycles. The molecule has 0 bridgehead atoms. The SMILES string of the molecule is COC1C=CC=CC=CC1. The predicted molar refractivity (Wildman–Crippen MR) is 42.8 cm³/mol. The topological polar surface area (TPSA) is 9.23 Å². The second-order valence-electron chi connectivity index (χ2n) is 2.21. The maximum absolute atomic E-state index is 5.15. The van der Waals surface area contributed by atoms with Crippen molar-refractivity contribution in [2.75, 3.05) is 7.11 Å². The molecule has 1 rings (SSSR count). The maximum Gasteiger partial charge on any atom is 0.0789 e. The van der Waals surface area contributed by atoms with Crippen LogP contribution in [0.15, 0.2) is 36.5 Å². The summed E-state index contributed by atoms with van der Waals surface area (Å²) in [6.07, 6.45) is 13.4. The Morgan fingerprint density at radius 3 is 2.80 bits per heavy atom. The van der Waals surface area contributed by atoms with Crippen LogP contribution in [0.2, 0.25) is 0 Å². The molecular weight excluding hydrogens is 124 g/mol. The molecule has 54 valence electrons. The van der Waals surface area contributed by atoms with Crippen LogP contribution >= 0.6 is 0 Å². The summed E-state index contributed by atoms with van der Waals surface area (Å²) < 4.78 is 5.15. The van der Waals surface area contributed by atoms with Crippen LogP contribution in [0.1, 0.15) is 6.42 Å². The van der Waals surface area contributed by atoms with Gasteiger partial charge in [-0.25, -0.2) is 0 Å². The Bertz CT molecular complexity index is 166. The molecule has 1 atom stereocenters. The lowest BCUT2D eigenvalue weighted by Gasteiger charge is -2.07. The minimum Gasteiger partial charge on any atom is -0.377 e. The first-order valence-electron chi connectivity index (χ1n) is 3.46. The first-order valence-corrected chi connectivity index (χ1v) is 3.46. The molecule has 0 saturated carbocycles. The molecule has 1 unspecified atom stereocenters. The molecule has 0 amide bonds. The van der Waals surface area contributed by atoms with Crippen LogP contribution in [-0.2, 0) is 4.74 Å². The van der Waals surface area contributed by atoms with E-state index in [2.05, 4.69) is 12.2 Å². The standard InChI is InChI=1S/C9H12O/c1-10-9-7-5-3-2-4-6-8-9/h2-7,9H,8H2,1H3. The lowest BCUT2D eigenvalue weighted by atomic mass is 10.2. The van der Waals surface area contributed by atoms with Crippen molar-refractivity contribution in [1.29, 1.82) is 0 Å². The molecule has 1 nitrogen and oxygen atoms in total. The van der Waals surface area contributed by atoms with E-state index >= 15 is 0 Å². The summed E-state index contributed by atoms with van der Waals surface area (Å²) >= 11 is 0. The Labute approximate surface area is 61.7 Å². The Balaban J connectivity index is 2.55. The van der Waals surface area contributed by atoms with Gasteiger partial charge in [-0.15, -0.1) is 0 Å². The highest BCUT2D eigenvalue weighted by Gasteiger charge is 1.97.